The van der Waals surface area contributed by atoms with Crippen LogP contribution in [0.5, 0.6) is 5.75 Å². The SMILES string of the molecule is C[C@]12CCCC[C@@H]1[C@@H]2C(=O)N/N=C/c1ccc(OCc2ccc(Cl)cc2)cc1. The molecular weight excluding hydrogens is 372 g/mol. The summed E-state index contributed by atoms with van der Waals surface area (Å²) in [4.78, 5) is 12.4. The van der Waals surface area contributed by atoms with Crippen molar-refractivity contribution in [2.24, 2.45) is 22.4 Å². The summed E-state index contributed by atoms with van der Waals surface area (Å²) in [7, 11) is 0. The molecule has 2 aromatic rings. The Balaban J connectivity index is 1.26. The number of nitrogens with one attached hydrogen (secondary N) is 1. The van der Waals surface area contributed by atoms with Crippen molar-refractivity contribution in [3.05, 3.63) is 64.7 Å². The number of carbonyl (C=O) groups excluding carboxylic acids is 1. The molecule has 1 N–H and O–H groups in total. The van der Waals surface area contributed by atoms with Crippen molar-refractivity contribution < 1.29 is 9.53 Å². The van der Waals surface area contributed by atoms with Crippen LogP contribution >= 0.6 is 11.6 Å². The van der Waals surface area contributed by atoms with Crippen molar-refractivity contribution in [1.82, 2.24) is 5.43 Å². The fourth-order valence-electron chi connectivity index (χ4n) is 4.49. The number of halogens is 1. The lowest BCUT2D eigenvalue weighted by molar-refractivity contribution is -0.123. The summed E-state index contributed by atoms with van der Waals surface area (Å²) in [6.45, 7) is 2.73. The number of rotatable bonds is 6. The van der Waals surface area contributed by atoms with E-state index in [0.29, 0.717) is 17.5 Å². The first-order valence-electron chi connectivity index (χ1n) is 9.86. The third kappa shape index (κ3) is 4.07. The standard InChI is InChI=1S/C23H25ClN2O2/c1-23-13-3-2-4-20(23)21(23)22(27)26-25-14-16-7-11-19(12-8-16)28-15-17-5-9-18(24)10-6-17/h5-12,14,20-21H,2-4,13,15H2,1H3,(H,26,27)/b25-14+/t20-,21-,23+/m1/s1. The van der Waals surface area contributed by atoms with E-state index in [-0.39, 0.29) is 17.2 Å². The van der Waals surface area contributed by atoms with Gasteiger partial charge < -0.3 is 4.74 Å². The first kappa shape index (κ1) is 19.0. The second-order valence-electron chi connectivity index (χ2n) is 8.05. The minimum absolute atomic E-state index is 0.0635. The molecule has 28 heavy (non-hydrogen) atoms. The lowest BCUT2D eigenvalue weighted by Crippen LogP contribution is -2.22. The lowest BCUT2D eigenvalue weighted by Gasteiger charge is -2.15. The van der Waals surface area contributed by atoms with Gasteiger partial charge in [0.25, 0.3) is 0 Å². The van der Waals surface area contributed by atoms with Crippen LogP contribution in [0.1, 0.15) is 43.7 Å². The second-order valence-corrected chi connectivity index (χ2v) is 8.49. The zero-order valence-electron chi connectivity index (χ0n) is 16.0. The Morgan fingerprint density at radius 3 is 2.64 bits per heavy atom. The van der Waals surface area contributed by atoms with Crippen LogP contribution in [0, 0.1) is 17.3 Å². The summed E-state index contributed by atoms with van der Waals surface area (Å²) < 4.78 is 5.78. The van der Waals surface area contributed by atoms with E-state index in [0.717, 1.165) is 23.3 Å². The maximum atomic E-state index is 12.4. The molecule has 4 rings (SSSR count). The summed E-state index contributed by atoms with van der Waals surface area (Å²) in [5.41, 5.74) is 4.92. The third-order valence-corrected chi connectivity index (χ3v) is 6.45. The molecule has 0 heterocycles. The smallest absolute Gasteiger partial charge is 0.244 e. The van der Waals surface area contributed by atoms with Crippen molar-refractivity contribution in [3.63, 3.8) is 0 Å². The van der Waals surface area contributed by atoms with Gasteiger partial charge in [-0.25, -0.2) is 5.43 Å². The predicted octanol–water partition coefficient (Wildman–Crippen LogP) is 5.20. The van der Waals surface area contributed by atoms with Gasteiger partial charge >= 0.3 is 0 Å². The number of amides is 1. The summed E-state index contributed by atoms with van der Waals surface area (Å²) in [5.74, 6) is 1.53. The van der Waals surface area contributed by atoms with Crippen molar-refractivity contribution in [2.45, 2.75) is 39.2 Å². The average Bonchev–Trinajstić information content (AvgIpc) is 3.34. The van der Waals surface area contributed by atoms with Crippen molar-refractivity contribution in [3.8, 4) is 5.75 Å². The minimum Gasteiger partial charge on any atom is -0.489 e. The summed E-state index contributed by atoms with van der Waals surface area (Å²) in [5, 5.41) is 4.86. The van der Waals surface area contributed by atoms with Crippen molar-refractivity contribution >= 4 is 23.7 Å². The Hall–Kier alpha value is -2.33. The molecule has 2 aromatic carbocycles. The first-order valence-corrected chi connectivity index (χ1v) is 10.2. The number of fused-ring (bicyclic) bond motifs is 1. The fourth-order valence-corrected chi connectivity index (χ4v) is 4.61. The molecule has 2 aliphatic rings. The summed E-state index contributed by atoms with van der Waals surface area (Å²) in [6.07, 6.45) is 6.51. The number of hydrogen-bond acceptors (Lipinski definition) is 3. The Labute approximate surface area is 170 Å². The predicted molar refractivity (Wildman–Crippen MR) is 112 cm³/mol. The van der Waals surface area contributed by atoms with Crippen molar-refractivity contribution in [2.75, 3.05) is 0 Å². The van der Waals surface area contributed by atoms with Gasteiger partial charge in [0.1, 0.15) is 12.4 Å². The maximum Gasteiger partial charge on any atom is 0.244 e. The van der Waals surface area contributed by atoms with E-state index in [4.69, 9.17) is 16.3 Å². The molecule has 2 fully saturated rings. The van der Waals surface area contributed by atoms with Gasteiger partial charge in [0, 0.05) is 10.9 Å². The second kappa shape index (κ2) is 7.96. The third-order valence-electron chi connectivity index (χ3n) is 6.20. The Kier molecular flexibility index (Phi) is 5.40. The van der Waals surface area contributed by atoms with Gasteiger partial charge in [0.15, 0.2) is 0 Å². The molecule has 0 radical (unpaired) electrons. The van der Waals surface area contributed by atoms with Crippen LogP contribution in [0.4, 0.5) is 0 Å². The van der Waals surface area contributed by atoms with Crippen LogP contribution in [-0.4, -0.2) is 12.1 Å². The highest BCUT2D eigenvalue weighted by molar-refractivity contribution is 6.30. The normalized spacial score (nSPS) is 25.9. The van der Waals surface area contributed by atoms with E-state index in [1.165, 1.54) is 19.3 Å². The van der Waals surface area contributed by atoms with Gasteiger partial charge in [-0.2, -0.15) is 5.10 Å². The van der Waals surface area contributed by atoms with Crippen LogP contribution in [0.2, 0.25) is 5.02 Å². The van der Waals surface area contributed by atoms with Gasteiger partial charge in [0.2, 0.25) is 5.91 Å². The highest BCUT2D eigenvalue weighted by atomic mass is 35.5. The molecule has 0 unspecified atom stereocenters. The molecule has 5 heteroatoms. The number of hydrazone groups is 1. The Morgan fingerprint density at radius 1 is 1.21 bits per heavy atom. The average molecular weight is 397 g/mol. The van der Waals surface area contributed by atoms with E-state index < -0.39 is 0 Å². The van der Waals surface area contributed by atoms with Gasteiger partial charge in [-0.15, -0.1) is 0 Å². The molecule has 4 nitrogen and oxygen atoms in total. The van der Waals surface area contributed by atoms with Crippen LogP contribution in [-0.2, 0) is 11.4 Å². The van der Waals surface area contributed by atoms with E-state index in [1.807, 2.05) is 48.5 Å². The molecule has 0 spiro atoms. The quantitative estimate of drug-likeness (QED) is 0.539. The molecule has 146 valence electrons. The van der Waals surface area contributed by atoms with E-state index in [1.54, 1.807) is 6.21 Å². The maximum absolute atomic E-state index is 12.4. The monoisotopic (exact) mass is 396 g/mol. The highest BCUT2D eigenvalue weighted by Gasteiger charge is 2.64. The number of ether oxygens (including phenoxy) is 1. The minimum atomic E-state index is 0.0635. The van der Waals surface area contributed by atoms with Crippen molar-refractivity contribution in [1.29, 1.82) is 0 Å². The van der Waals surface area contributed by atoms with Gasteiger partial charge in [0.05, 0.1) is 6.21 Å². The van der Waals surface area contributed by atoms with Crippen LogP contribution in [0.15, 0.2) is 53.6 Å². The van der Waals surface area contributed by atoms with Crippen LogP contribution in [0.3, 0.4) is 0 Å². The zero-order chi connectivity index (χ0) is 19.6. The van der Waals surface area contributed by atoms with Crippen LogP contribution in [0.25, 0.3) is 0 Å². The van der Waals surface area contributed by atoms with E-state index in [2.05, 4.69) is 17.5 Å². The number of nitrogens with zero attached hydrogens (tertiary/aromatic N) is 1. The Morgan fingerprint density at radius 2 is 1.96 bits per heavy atom. The zero-order valence-corrected chi connectivity index (χ0v) is 16.8. The van der Waals surface area contributed by atoms with Gasteiger partial charge in [-0.3, -0.25) is 4.79 Å². The largest absolute Gasteiger partial charge is 0.489 e. The molecule has 0 aromatic heterocycles. The lowest BCUT2D eigenvalue weighted by atomic mass is 9.90. The highest BCUT2D eigenvalue weighted by Crippen LogP contribution is 2.66. The topological polar surface area (TPSA) is 50.7 Å². The molecule has 0 bridgehead atoms. The van der Waals surface area contributed by atoms with Crippen LogP contribution < -0.4 is 10.2 Å². The molecule has 0 aliphatic heterocycles. The molecule has 1 amide bonds. The first-order chi connectivity index (χ1) is 13.6. The van der Waals surface area contributed by atoms with E-state index in [9.17, 15) is 4.79 Å². The number of benzene rings is 2. The molecule has 3 atom stereocenters. The number of carbonyl (C=O) groups is 1. The summed E-state index contributed by atoms with van der Waals surface area (Å²) >= 11 is 5.89. The van der Waals surface area contributed by atoms with E-state index >= 15 is 0 Å². The molecular formula is C23H25ClN2O2. The van der Waals surface area contributed by atoms with Gasteiger partial charge in [-0.1, -0.05) is 43.5 Å². The summed E-state index contributed by atoms with van der Waals surface area (Å²) in [6, 6.07) is 15.2. The van der Waals surface area contributed by atoms with Gasteiger partial charge in [-0.05, 0) is 71.7 Å². The fraction of sp³-hybridized carbons (Fsp3) is 0.391. The molecule has 2 saturated carbocycles. The molecule has 0 saturated heterocycles. The number of hydrogen-bond donors (Lipinski definition) is 1. The molecule has 2 aliphatic carbocycles. The Bertz CT molecular complexity index is 863.